The molecule has 0 aliphatic carbocycles. The highest BCUT2D eigenvalue weighted by atomic mass is 16.8. The van der Waals surface area contributed by atoms with Crippen molar-refractivity contribution in [3.8, 4) is 0 Å². The number of aliphatic hydroxyl groups is 1. The summed E-state index contributed by atoms with van der Waals surface area (Å²) in [5.74, 6) is -0.693. The number of hydrogen-bond acceptors (Lipinski definition) is 5. The second-order valence-electron chi connectivity index (χ2n) is 7.19. The minimum atomic E-state index is -0.693. The summed E-state index contributed by atoms with van der Waals surface area (Å²) in [6, 6.07) is 8.23. The topological polar surface area (TPSA) is 57.2 Å². The molecule has 0 unspecified atom stereocenters. The first-order valence-electron chi connectivity index (χ1n) is 8.76. The Hall–Kier alpha value is -0.980. The lowest BCUT2D eigenvalue weighted by Gasteiger charge is -2.28. The van der Waals surface area contributed by atoms with E-state index in [1.807, 2.05) is 20.8 Å². The Balaban J connectivity index is 1.70. The molecular weight excluding hydrogens is 308 g/mol. The van der Waals surface area contributed by atoms with Crippen molar-refractivity contribution < 1.29 is 24.1 Å². The van der Waals surface area contributed by atoms with E-state index in [1.54, 1.807) is 0 Å². The summed E-state index contributed by atoms with van der Waals surface area (Å²) >= 11 is 0. The van der Waals surface area contributed by atoms with Gasteiger partial charge in [0.2, 0.25) is 0 Å². The smallest absolute Gasteiger partial charge is 0.190 e. The van der Waals surface area contributed by atoms with Crippen LogP contribution in [0.25, 0.3) is 0 Å². The third kappa shape index (κ3) is 3.81. The van der Waals surface area contributed by atoms with Gasteiger partial charge < -0.3 is 24.1 Å². The van der Waals surface area contributed by atoms with Crippen LogP contribution in [0.15, 0.2) is 24.3 Å². The standard InChI is InChI=1S/C19H28O5/c1-5-6-14(20)15-16(17-18(22-15)24-19(3,4)23-17)21-11-13-9-7-12(2)8-10-13/h7-10,14-18,20H,5-6,11H2,1-4H3/t14-,15-,16+,17-,18-/m1/s1. The third-order valence-electron chi connectivity index (χ3n) is 4.55. The number of fused-ring (bicyclic) bond motifs is 1. The SMILES string of the molecule is CCC[C@@H](O)[C@H]1O[C@@H]2OC(C)(C)O[C@@H]2[C@H]1OCc1ccc(C)cc1. The molecule has 2 aliphatic rings. The molecule has 134 valence electrons. The van der Waals surface area contributed by atoms with E-state index >= 15 is 0 Å². The van der Waals surface area contributed by atoms with Gasteiger partial charge in [-0.1, -0.05) is 43.2 Å². The average Bonchev–Trinajstić information content (AvgIpc) is 2.99. The van der Waals surface area contributed by atoms with Crippen molar-refractivity contribution in [1.29, 1.82) is 0 Å². The van der Waals surface area contributed by atoms with Crippen LogP contribution in [0, 0.1) is 6.92 Å². The molecule has 2 saturated heterocycles. The molecule has 3 rings (SSSR count). The van der Waals surface area contributed by atoms with Gasteiger partial charge in [0.25, 0.3) is 0 Å². The number of rotatable bonds is 6. The summed E-state index contributed by atoms with van der Waals surface area (Å²) in [4.78, 5) is 0. The van der Waals surface area contributed by atoms with Gasteiger partial charge in [-0.3, -0.25) is 0 Å². The molecule has 2 fully saturated rings. The minimum absolute atomic E-state index is 0.318. The first-order chi connectivity index (χ1) is 11.4. The molecule has 5 nitrogen and oxygen atoms in total. The summed E-state index contributed by atoms with van der Waals surface area (Å²) in [6.07, 6.45) is -0.617. The van der Waals surface area contributed by atoms with Crippen molar-refractivity contribution in [2.75, 3.05) is 0 Å². The average molecular weight is 336 g/mol. The minimum Gasteiger partial charge on any atom is -0.390 e. The Kier molecular flexibility index (Phi) is 5.27. The van der Waals surface area contributed by atoms with Gasteiger partial charge in [0.1, 0.15) is 18.3 Å². The molecular formula is C19H28O5. The van der Waals surface area contributed by atoms with Gasteiger partial charge in [-0.05, 0) is 32.8 Å². The Morgan fingerprint density at radius 2 is 1.92 bits per heavy atom. The maximum Gasteiger partial charge on any atom is 0.190 e. The zero-order valence-corrected chi connectivity index (χ0v) is 14.9. The Labute approximate surface area is 143 Å². The molecule has 24 heavy (non-hydrogen) atoms. The van der Waals surface area contributed by atoms with E-state index in [1.165, 1.54) is 5.56 Å². The van der Waals surface area contributed by atoms with Crippen LogP contribution in [-0.4, -0.2) is 41.6 Å². The molecule has 1 aromatic rings. The molecule has 0 saturated carbocycles. The van der Waals surface area contributed by atoms with Gasteiger partial charge in [0.05, 0.1) is 12.7 Å². The zero-order chi connectivity index (χ0) is 17.3. The van der Waals surface area contributed by atoms with Gasteiger partial charge in [-0.15, -0.1) is 0 Å². The predicted molar refractivity (Wildman–Crippen MR) is 89.4 cm³/mol. The van der Waals surface area contributed by atoms with Crippen LogP contribution in [-0.2, 0) is 25.6 Å². The van der Waals surface area contributed by atoms with Gasteiger partial charge in [-0.2, -0.15) is 0 Å². The number of ether oxygens (including phenoxy) is 4. The molecule has 0 amide bonds. The number of aryl methyl sites for hydroxylation is 1. The second-order valence-corrected chi connectivity index (χ2v) is 7.19. The van der Waals surface area contributed by atoms with Crippen LogP contribution in [0.5, 0.6) is 0 Å². The zero-order valence-electron chi connectivity index (χ0n) is 14.9. The largest absolute Gasteiger partial charge is 0.390 e. The van der Waals surface area contributed by atoms with Crippen molar-refractivity contribution in [3.05, 3.63) is 35.4 Å². The van der Waals surface area contributed by atoms with E-state index in [2.05, 4.69) is 31.2 Å². The lowest BCUT2D eigenvalue weighted by atomic mass is 10.0. The first kappa shape index (κ1) is 17.8. The third-order valence-corrected chi connectivity index (χ3v) is 4.55. The molecule has 1 N–H and O–H groups in total. The van der Waals surface area contributed by atoms with Crippen LogP contribution in [0.2, 0.25) is 0 Å². The Morgan fingerprint density at radius 3 is 2.58 bits per heavy atom. The van der Waals surface area contributed by atoms with E-state index in [9.17, 15) is 5.11 Å². The number of aliphatic hydroxyl groups excluding tert-OH is 1. The molecule has 0 radical (unpaired) electrons. The van der Waals surface area contributed by atoms with Gasteiger partial charge in [0.15, 0.2) is 12.1 Å². The van der Waals surface area contributed by atoms with Crippen LogP contribution in [0.1, 0.15) is 44.7 Å². The number of hydrogen-bond donors (Lipinski definition) is 1. The monoisotopic (exact) mass is 336 g/mol. The second kappa shape index (κ2) is 7.10. The molecule has 1 aromatic carbocycles. The maximum absolute atomic E-state index is 10.4. The van der Waals surface area contributed by atoms with Crippen LogP contribution in [0.3, 0.4) is 0 Å². The van der Waals surface area contributed by atoms with Crippen LogP contribution >= 0.6 is 0 Å². The molecule has 0 aromatic heterocycles. The van der Waals surface area contributed by atoms with Gasteiger partial charge >= 0.3 is 0 Å². The fraction of sp³-hybridized carbons (Fsp3) is 0.684. The molecule has 2 aliphatic heterocycles. The molecule has 0 spiro atoms. The quantitative estimate of drug-likeness (QED) is 0.865. The maximum atomic E-state index is 10.4. The number of benzene rings is 1. The highest BCUT2D eigenvalue weighted by Gasteiger charge is 2.56. The molecule has 5 heteroatoms. The Morgan fingerprint density at radius 1 is 1.21 bits per heavy atom. The van der Waals surface area contributed by atoms with Crippen LogP contribution < -0.4 is 0 Å². The Bertz CT molecular complexity index is 541. The summed E-state index contributed by atoms with van der Waals surface area (Å²) < 4.78 is 23.8. The molecule has 2 heterocycles. The lowest BCUT2D eigenvalue weighted by Crippen LogP contribution is -2.42. The van der Waals surface area contributed by atoms with Gasteiger partial charge in [0, 0.05) is 0 Å². The van der Waals surface area contributed by atoms with E-state index in [0.29, 0.717) is 13.0 Å². The van der Waals surface area contributed by atoms with Crippen molar-refractivity contribution in [3.63, 3.8) is 0 Å². The van der Waals surface area contributed by atoms with Crippen molar-refractivity contribution in [2.45, 2.75) is 83.6 Å². The highest BCUT2D eigenvalue weighted by molar-refractivity contribution is 5.20. The predicted octanol–water partition coefficient (Wildman–Crippen LogP) is 2.92. The summed E-state index contributed by atoms with van der Waals surface area (Å²) in [7, 11) is 0. The van der Waals surface area contributed by atoms with Crippen molar-refractivity contribution >= 4 is 0 Å². The molecule has 5 atom stereocenters. The summed E-state index contributed by atoms with van der Waals surface area (Å²) in [6.45, 7) is 8.28. The fourth-order valence-electron chi connectivity index (χ4n) is 3.34. The summed E-state index contributed by atoms with van der Waals surface area (Å²) in [5, 5.41) is 10.4. The van der Waals surface area contributed by atoms with Crippen LogP contribution in [0.4, 0.5) is 0 Å². The van der Waals surface area contributed by atoms with E-state index in [4.69, 9.17) is 18.9 Å². The van der Waals surface area contributed by atoms with E-state index in [-0.39, 0.29) is 12.2 Å². The summed E-state index contributed by atoms with van der Waals surface area (Å²) in [5.41, 5.74) is 2.31. The van der Waals surface area contributed by atoms with E-state index in [0.717, 1.165) is 12.0 Å². The van der Waals surface area contributed by atoms with Crippen molar-refractivity contribution in [1.82, 2.24) is 0 Å². The first-order valence-corrected chi connectivity index (χ1v) is 8.76. The lowest BCUT2D eigenvalue weighted by molar-refractivity contribution is -0.230. The molecule has 0 bridgehead atoms. The normalized spacial score (nSPS) is 32.7. The fourth-order valence-corrected chi connectivity index (χ4v) is 3.34. The van der Waals surface area contributed by atoms with Crippen molar-refractivity contribution in [2.24, 2.45) is 0 Å². The van der Waals surface area contributed by atoms with Gasteiger partial charge in [-0.25, -0.2) is 0 Å². The highest BCUT2D eigenvalue weighted by Crippen LogP contribution is 2.40. The van der Waals surface area contributed by atoms with E-state index < -0.39 is 24.3 Å².